The van der Waals surface area contributed by atoms with E-state index in [-0.39, 0.29) is 5.91 Å². The molecule has 2 aromatic heterocycles. The van der Waals surface area contributed by atoms with Crippen LogP contribution in [-0.4, -0.2) is 42.0 Å². The number of carbonyl (C=O) groups is 1. The first-order valence-corrected chi connectivity index (χ1v) is 7.33. The summed E-state index contributed by atoms with van der Waals surface area (Å²) in [6.07, 6.45) is 2.00. The van der Waals surface area contributed by atoms with Gasteiger partial charge in [0, 0.05) is 25.8 Å². The molecule has 0 spiro atoms. The molecule has 0 atom stereocenters. The number of hydrogen-bond donors (Lipinski definition) is 2. The van der Waals surface area contributed by atoms with Gasteiger partial charge < -0.3 is 19.9 Å². The van der Waals surface area contributed by atoms with Crippen LogP contribution >= 0.6 is 0 Å². The SMILES string of the molecule is CCNC(=O)CN(CC)c1nc2ccccn2c1CNC. The van der Waals surface area contributed by atoms with E-state index in [0.717, 1.165) is 23.7 Å². The highest BCUT2D eigenvalue weighted by molar-refractivity contribution is 5.81. The highest BCUT2D eigenvalue weighted by Gasteiger charge is 2.18. The van der Waals surface area contributed by atoms with Crippen molar-refractivity contribution in [3.05, 3.63) is 30.1 Å². The maximum absolute atomic E-state index is 11.9. The fraction of sp³-hybridized carbons (Fsp3) is 0.467. The van der Waals surface area contributed by atoms with Gasteiger partial charge in [0.25, 0.3) is 0 Å². The zero-order chi connectivity index (χ0) is 15.2. The number of pyridine rings is 1. The molecule has 0 aromatic carbocycles. The van der Waals surface area contributed by atoms with Crippen molar-refractivity contribution in [1.29, 1.82) is 0 Å². The standard InChI is InChI=1S/C15H23N5O/c1-4-17-14(21)11-19(5-2)15-12(10-16-3)20-9-7-6-8-13(20)18-15/h6-9,16H,4-5,10-11H2,1-3H3,(H,17,21). The summed E-state index contributed by atoms with van der Waals surface area (Å²) in [4.78, 5) is 18.6. The van der Waals surface area contributed by atoms with Crippen molar-refractivity contribution < 1.29 is 4.79 Å². The lowest BCUT2D eigenvalue weighted by molar-refractivity contribution is -0.119. The first-order chi connectivity index (χ1) is 10.2. The lowest BCUT2D eigenvalue weighted by atomic mass is 10.3. The summed E-state index contributed by atoms with van der Waals surface area (Å²) in [5.74, 6) is 0.885. The molecule has 2 heterocycles. The summed E-state index contributed by atoms with van der Waals surface area (Å²) < 4.78 is 2.06. The molecule has 0 unspecified atom stereocenters. The maximum Gasteiger partial charge on any atom is 0.239 e. The second-order valence-corrected chi connectivity index (χ2v) is 4.81. The predicted molar refractivity (Wildman–Crippen MR) is 84.5 cm³/mol. The van der Waals surface area contributed by atoms with Crippen LogP contribution in [0, 0.1) is 0 Å². The number of likely N-dealkylation sites (N-methyl/N-ethyl adjacent to an activating group) is 2. The lowest BCUT2D eigenvalue weighted by Crippen LogP contribution is -2.37. The Morgan fingerprint density at radius 3 is 2.86 bits per heavy atom. The summed E-state index contributed by atoms with van der Waals surface area (Å²) in [5.41, 5.74) is 1.96. The van der Waals surface area contributed by atoms with Gasteiger partial charge in [-0.25, -0.2) is 4.98 Å². The minimum Gasteiger partial charge on any atom is -0.355 e. The quantitative estimate of drug-likeness (QED) is 0.799. The Balaban J connectivity index is 2.37. The third kappa shape index (κ3) is 3.33. The molecule has 0 fully saturated rings. The van der Waals surface area contributed by atoms with E-state index < -0.39 is 0 Å². The first kappa shape index (κ1) is 15.3. The minimum atomic E-state index is 0.0202. The molecule has 0 bridgehead atoms. The van der Waals surface area contributed by atoms with Gasteiger partial charge in [-0.15, -0.1) is 0 Å². The van der Waals surface area contributed by atoms with Crippen molar-refractivity contribution in [1.82, 2.24) is 20.0 Å². The number of rotatable bonds is 7. The zero-order valence-corrected chi connectivity index (χ0v) is 12.9. The molecule has 1 amide bonds. The molecule has 2 aromatic rings. The fourth-order valence-electron chi connectivity index (χ4n) is 2.38. The molecule has 6 heteroatoms. The van der Waals surface area contributed by atoms with Gasteiger partial charge in [0.05, 0.1) is 12.2 Å². The molecule has 0 aliphatic rings. The van der Waals surface area contributed by atoms with Crippen LogP contribution in [0.2, 0.25) is 0 Å². The third-order valence-electron chi connectivity index (χ3n) is 3.34. The maximum atomic E-state index is 11.9. The molecule has 0 saturated carbocycles. The van der Waals surface area contributed by atoms with Crippen LogP contribution in [0.25, 0.3) is 5.65 Å². The summed E-state index contributed by atoms with van der Waals surface area (Å²) in [5, 5.41) is 6.01. The van der Waals surface area contributed by atoms with Crippen molar-refractivity contribution in [3.8, 4) is 0 Å². The monoisotopic (exact) mass is 289 g/mol. The molecule has 21 heavy (non-hydrogen) atoms. The van der Waals surface area contributed by atoms with Gasteiger partial charge in [-0.05, 0) is 33.0 Å². The second kappa shape index (κ2) is 7.08. The Kier molecular flexibility index (Phi) is 5.16. The number of anilines is 1. The molecule has 0 aliphatic carbocycles. The number of fused-ring (bicyclic) bond motifs is 1. The van der Waals surface area contributed by atoms with Crippen molar-refractivity contribution >= 4 is 17.4 Å². The Labute approximate surface area is 125 Å². The Morgan fingerprint density at radius 1 is 1.38 bits per heavy atom. The lowest BCUT2D eigenvalue weighted by Gasteiger charge is -2.21. The molecule has 0 aliphatic heterocycles. The molecule has 0 radical (unpaired) electrons. The topological polar surface area (TPSA) is 61.7 Å². The summed E-state index contributed by atoms with van der Waals surface area (Å²) >= 11 is 0. The van der Waals surface area contributed by atoms with E-state index in [4.69, 9.17) is 0 Å². The van der Waals surface area contributed by atoms with Crippen LogP contribution in [0.15, 0.2) is 24.4 Å². The van der Waals surface area contributed by atoms with Crippen LogP contribution in [0.4, 0.5) is 5.82 Å². The smallest absolute Gasteiger partial charge is 0.239 e. The number of nitrogens with zero attached hydrogens (tertiary/aromatic N) is 3. The van der Waals surface area contributed by atoms with Crippen molar-refractivity contribution in [3.63, 3.8) is 0 Å². The van der Waals surface area contributed by atoms with E-state index in [1.165, 1.54) is 0 Å². The van der Waals surface area contributed by atoms with E-state index in [2.05, 4.69) is 20.0 Å². The number of amides is 1. The Hall–Kier alpha value is -2.08. The number of aromatic nitrogens is 2. The van der Waals surface area contributed by atoms with Gasteiger partial charge in [-0.1, -0.05) is 6.07 Å². The fourth-order valence-corrected chi connectivity index (χ4v) is 2.38. The minimum absolute atomic E-state index is 0.0202. The predicted octanol–water partition coefficient (Wildman–Crippen LogP) is 1.02. The van der Waals surface area contributed by atoms with Crippen molar-refractivity contribution in [2.24, 2.45) is 0 Å². The highest BCUT2D eigenvalue weighted by Crippen LogP contribution is 2.21. The van der Waals surface area contributed by atoms with Gasteiger partial charge >= 0.3 is 0 Å². The van der Waals surface area contributed by atoms with Crippen LogP contribution in [0.5, 0.6) is 0 Å². The van der Waals surface area contributed by atoms with Gasteiger partial charge in [0.15, 0.2) is 5.82 Å². The van der Waals surface area contributed by atoms with Gasteiger partial charge in [-0.3, -0.25) is 4.79 Å². The Morgan fingerprint density at radius 2 is 2.19 bits per heavy atom. The highest BCUT2D eigenvalue weighted by atomic mass is 16.2. The molecule has 2 N–H and O–H groups in total. The number of imidazole rings is 1. The van der Waals surface area contributed by atoms with Gasteiger partial charge in [0.1, 0.15) is 5.65 Å². The average molecular weight is 289 g/mol. The number of hydrogen-bond acceptors (Lipinski definition) is 4. The zero-order valence-electron chi connectivity index (χ0n) is 12.9. The summed E-state index contributed by atoms with van der Waals surface area (Å²) in [7, 11) is 1.91. The summed E-state index contributed by atoms with van der Waals surface area (Å²) in [6.45, 7) is 6.36. The molecule has 2 rings (SSSR count). The second-order valence-electron chi connectivity index (χ2n) is 4.81. The normalized spacial score (nSPS) is 10.8. The van der Waals surface area contributed by atoms with Crippen LogP contribution in [-0.2, 0) is 11.3 Å². The van der Waals surface area contributed by atoms with Crippen LogP contribution in [0.3, 0.4) is 0 Å². The third-order valence-corrected chi connectivity index (χ3v) is 3.34. The number of carbonyl (C=O) groups excluding carboxylic acids is 1. The molecule has 0 saturated heterocycles. The van der Waals surface area contributed by atoms with E-state index in [0.29, 0.717) is 19.6 Å². The molecule has 6 nitrogen and oxygen atoms in total. The van der Waals surface area contributed by atoms with Gasteiger partial charge in [-0.2, -0.15) is 0 Å². The van der Waals surface area contributed by atoms with E-state index in [1.807, 2.05) is 50.2 Å². The van der Waals surface area contributed by atoms with Crippen LogP contribution < -0.4 is 15.5 Å². The van der Waals surface area contributed by atoms with E-state index in [9.17, 15) is 4.79 Å². The van der Waals surface area contributed by atoms with Crippen molar-refractivity contribution in [2.75, 3.05) is 31.6 Å². The number of nitrogens with one attached hydrogen (secondary N) is 2. The summed E-state index contributed by atoms with van der Waals surface area (Å²) in [6, 6.07) is 5.93. The van der Waals surface area contributed by atoms with Gasteiger partial charge in [0.2, 0.25) is 5.91 Å². The van der Waals surface area contributed by atoms with E-state index >= 15 is 0 Å². The molecular formula is C15H23N5O. The molecule has 114 valence electrons. The molecular weight excluding hydrogens is 266 g/mol. The van der Waals surface area contributed by atoms with E-state index in [1.54, 1.807) is 0 Å². The largest absolute Gasteiger partial charge is 0.355 e. The Bertz CT molecular complexity index is 607. The van der Waals surface area contributed by atoms with Crippen molar-refractivity contribution in [2.45, 2.75) is 20.4 Å². The first-order valence-electron chi connectivity index (χ1n) is 7.33. The van der Waals surface area contributed by atoms with Crippen LogP contribution in [0.1, 0.15) is 19.5 Å². The average Bonchev–Trinajstić information content (AvgIpc) is 2.84.